The number of nitrogens with zero attached hydrogens (tertiary/aromatic N) is 2. The van der Waals surface area contributed by atoms with Crippen molar-refractivity contribution >= 4 is 5.91 Å². The Labute approximate surface area is 126 Å². The molecule has 0 unspecified atom stereocenters. The molecule has 0 aliphatic carbocycles. The van der Waals surface area contributed by atoms with E-state index in [2.05, 4.69) is 4.90 Å². The van der Waals surface area contributed by atoms with E-state index in [4.69, 9.17) is 5.84 Å². The summed E-state index contributed by atoms with van der Waals surface area (Å²) in [5, 5.41) is 0. The van der Waals surface area contributed by atoms with Gasteiger partial charge in [0.2, 0.25) is 0 Å². The molecule has 0 bridgehead atoms. The third-order valence-corrected chi connectivity index (χ3v) is 3.80. The molecule has 1 aromatic carbocycles. The van der Waals surface area contributed by atoms with Crippen molar-refractivity contribution in [1.82, 2.24) is 15.2 Å². The summed E-state index contributed by atoms with van der Waals surface area (Å²) in [7, 11) is 1.98. The predicted molar refractivity (Wildman–Crippen MR) is 75.9 cm³/mol. The van der Waals surface area contributed by atoms with Crippen LogP contribution in [0, 0.1) is 0 Å². The molecule has 1 heterocycles. The van der Waals surface area contributed by atoms with Crippen LogP contribution in [0.3, 0.4) is 0 Å². The molecule has 8 heteroatoms. The molecular formula is C14H19F3N4O. The highest BCUT2D eigenvalue weighted by Crippen LogP contribution is 2.33. The number of rotatable bonds is 3. The van der Waals surface area contributed by atoms with Crippen molar-refractivity contribution in [3.63, 3.8) is 0 Å². The monoisotopic (exact) mass is 316 g/mol. The highest BCUT2D eigenvalue weighted by Gasteiger charge is 2.34. The lowest BCUT2D eigenvalue weighted by atomic mass is 10.0. The maximum Gasteiger partial charge on any atom is 0.416 e. The number of nitrogens with one attached hydrogen (secondary N) is 1. The van der Waals surface area contributed by atoms with Crippen LogP contribution in [0.2, 0.25) is 0 Å². The van der Waals surface area contributed by atoms with Gasteiger partial charge in [0.25, 0.3) is 5.91 Å². The number of hydrazine groups is 1. The summed E-state index contributed by atoms with van der Waals surface area (Å²) in [6.07, 6.45) is -4.51. The molecule has 1 saturated heterocycles. The number of nitrogen functional groups attached to an aromatic ring is 1. The van der Waals surface area contributed by atoms with Crippen molar-refractivity contribution in [1.29, 1.82) is 0 Å². The maximum absolute atomic E-state index is 13.2. The van der Waals surface area contributed by atoms with Gasteiger partial charge < -0.3 is 4.90 Å². The van der Waals surface area contributed by atoms with Crippen LogP contribution < -0.4 is 11.3 Å². The first-order valence-electron chi connectivity index (χ1n) is 6.93. The number of piperazine rings is 1. The summed E-state index contributed by atoms with van der Waals surface area (Å²) >= 11 is 0. The largest absolute Gasteiger partial charge is 0.416 e. The molecular weight excluding hydrogens is 297 g/mol. The number of nitrogens with two attached hydrogens (primary N) is 1. The Hall–Kier alpha value is -1.64. The summed E-state index contributed by atoms with van der Waals surface area (Å²) < 4.78 is 39.7. The average Bonchev–Trinajstić information content (AvgIpc) is 2.48. The van der Waals surface area contributed by atoms with Gasteiger partial charge in [-0.1, -0.05) is 6.07 Å². The van der Waals surface area contributed by atoms with Crippen LogP contribution in [0.4, 0.5) is 13.2 Å². The molecule has 1 fully saturated rings. The van der Waals surface area contributed by atoms with Gasteiger partial charge in [-0.05, 0) is 24.7 Å². The van der Waals surface area contributed by atoms with Gasteiger partial charge in [-0.15, -0.1) is 0 Å². The van der Waals surface area contributed by atoms with Crippen molar-refractivity contribution in [3.8, 4) is 0 Å². The van der Waals surface area contributed by atoms with Crippen molar-refractivity contribution < 1.29 is 18.0 Å². The SMILES string of the molecule is CN1CCN(Cc2ccc(C(=O)NN)cc2C(F)(F)F)CC1. The number of hydrogen-bond donors (Lipinski definition) is 2. The predicted octanol–water partition coefficient (Wildman–Crippen LogP) is 1.06. The van der Waals surface area contributed by atoms with Gasteiger partial charge in [-0.25, -0.2) is 5.84 Å². The molecule has 1 aliphatic heterocycles. The number of halogens is 3. The van der Waals surface area contributed by atoms with Crippen molar-refractivity contribution in [2.45, 2.75) is 12.7 Å². The van der Waals surface area contributed by atoms with E-state index < -0.39 is 17.6 Å². The molecule has 0 spiro atoms. The molecule has 22 heavy (non-hydrogen) atoms. The van der Waals surface area contributed by atoms with E-state index >= 15 is 0 Å². The van der Waals surface area contributed by atoms with Gasteiger partial charge in [-0.2, -0.15) is 13.2 Å². The second-order valence-electron chi connectivity index (χ2n) is 5.42. The minimum absolute atomic E-state index is 0.100. The summed E-state index contributed by atoms with van der Waals surface area (Å²) in [6, 6.07) is 3.57. The molecule has 0 saturated carbocycles. The third kappa shape index (κ3) is 3.96. The summed E-state index contributed by atoms with van der Waals surface area (Å²) in [5.74, 6) is 4.23. The first-order chi connectivity index (χ1) is 10.3. The Bertz CT molecular complexity index is 539. The molecule has 1 aliphatic rings. The normalized spacial score (nSPS) is 17.5. The second kappa shape index (κ2) is 6.64. The summed E-state index contributed by atoms with van der Waals surface area (Å²) in [6.45, 7) is 3.31. The van der Waals surface area contributed by atoms with Crippen molar-refractivity contribution in [3.05, 3.63) is 34.9 Å². The van der Waals surface area contributed by atoms with Crippen LogP contribution >= 0.6 is 0 Å². The lowest BCUT2D eigenvalue weighted by Gasteiger charge is -2.32. The third-order valence-electron chi connectivity index (χ3n) is 3.80. The van der Waals surface area contributed by atoms with Gasteiger partial charge in [0.15, 0.2) is 0 Å². The Morgan fingerprint density at radius 1 is 1.27 bits per heavy atom. The number of hydrogen-bond acceptors (Lipinski definition) is 4. The first-order valence-corrected chi connectivity index (χ1v) is 6.93. The Balaban J connectivity index is 2.24. The lowest BCUT2D eigenvalue weighted by molar-refractivity contribution is -0.138. The van der Waals surface area contributed by atoms with E-state index in [9.17, 15) is 18.0 Å². The van der Waals surface area contributed by atoms with Gasteiger partial charge in [-0.3, -0.25) is 15.1 Å². The number of benzene rings is 1. The lowest BCUT2D eigenvalue weighted by Crippen LogP contribution is -2.44. The molecule has 3 N–H and O–H groups in total. The molecule has 0 aromatic heterocycles. The number of likely N-dealkylation sites (N-methyl/N-ethyl adjacent to an activating group) is 1. The fourth-order valence-electron chi connectivity index (χ4n) is 2.45. The van der Waals surface area contributed by atoms with E-state index in [0.29, 0.717) is 0 Å². The molecule has 0 radical (unpaired) electrons. The topological polar surface area (TPSA) is 61.6 Å². The maximum atomic E-state index is 13.2. The van der Waals surface area contributed by atoms with E-state index in [-0.39, 0.29) is 17.7 Å². The minimum atomic E-state index is -4.51. The molecule has 122 valence electrons. The summed E-state index contributed by atoms with van der Waals surface area (Å²) in [4.78, 5) is 15.5. The number of carbonyl (C=O) groups is 1. The molecule has 1 aromatic rings. The number of alkyl halides is 3. The zero-order valence-corrected chi connectivity index (χ0v) is 12.3. The van der Waals surface area contributed by atoms with Crippen LogP contribution in [0.15, 0.2) is 18.2 Å². The van der Waals surface area contributed by atoms with E-state index in [1.54, 1.807) is 0 Å². The zero-order chi connectivity index (χ0) is 16.3. The summed E-state index contributed by atoms with van der Waals surface area (Å²) in [5.41, 5.74) is 1.13. The second-order valence-corrected chi connectivity index (χ2v) is 5.42. The quantitative estimate of drug-likeness (QED) is 0.497. The average molecular weight is 316 g/mol. The molecule has 0 atom stereocenters. The van der Waals surface area contributed by atoms with Crippen LogP contribution in [0.1, 0.15) is 21.5 Å². The van der Waals surface area contributed by atoms with Crippen LogP contribution in [-0.4, -0.2) is 48.9 Å². The van der Waals surface area contributed by atoms with Crippen LogP contribution in [0.5, 0.6) is 0 Å². The standard InChI is InChI=1S/C14H19F3N4O/c1-20-4-6-21(7-5-20)9-11-3-2-10(13(22)19-18)8-12(11)14(15,16)17/h2-3,8H,4-7,9,18H2,1H3,(H,19,22). The Morgan fingerprint density at radius 2 is 1.91 bits per heavy atom. The van der Waals surface area contributed by atoms with Crippen molar-refractivity contribution in [2.24, 2.45) is 5.84 Å². The Morgan fingerprint density at radius 3 is 2.45 bits per heavy atom. The first kappa shape index (κ1) is 16.7. The molecule has 1 amide bonds. The minimum Gasteiger partial charge on any atom is -0.304 e. The molecule has 2 rings (SSSR count). The van der Waals surface area contributed by atoms with Gasteiger partial charge in [0.1, 0.15) is 0 Å². The fraction of sp³-hybridized carbons (Fsp3) is 0.500. The van der Waals surface area contributed by atoms with Crippen LogP contribution in [0.25, 0.3) is 0 Å². The van der Waals surface area contributed by atoms with Crippen LogP contribution in [-0.2, 0) is 12.7 Å². The van der Waals surface area contributed by atoms with Gasteiger partial charge in [0.05, 0.1) is 5.56 Å². The van der Waals surface area contributed by atoms with Gasteiger partial charge in [0, 0.05) is 38.3 Å². The number of carbonyl (C=O) groups excluding carboxylic acids is 1. The van der Waals surface area contributed by atoms with Crippen molar-refractivity contribution in [2.75, 3.05) is 33.2 Å². The number of amides is 1. The Kier molecular flexibility index (Phi) is 5.05. The van der Waals surface area contributed by atoms with E-state index in [1.807, 2.05) is 17.4 Å². The van der Waals surface area contributed by atoms with E-state index in [0.717, 1.165) is 32.2 Å². The highest BCUT2D eigenvalue weighted by molar-refractivity contribution is 5.94. The van der Waals surface area contributed by atoms with E-state index in [1.165, 1.54) is 12.1 Å². The molecule has 5 nitrogen and oxygen atoms in total. The fourth-order valence-corrected chi connectivity index (χ4v) is 2.45. The smallest absolute Gasteiger partial charge is 0.304 e. The van der Waals surface area contributed by atoms with Gasteiger partial charge >= 0.3 is 6.18 Å². The zero-order valence-electron chi connectivity index (χ0n) is 12.3. The highest BCUT2D eigenvalue weighted by atomic mass is 19.4.